The van der Waals surface area contributed by atoms with Gasteiger partial charge in [-0.25, -0.2) is 18.0 Å². The summed E-state index contributed by atoms with van der Waals surface area (Å²) in [5.74, 6) is -1.62. The lowest BCUT2D eigenvalue weighted by Crippen LogP contribution is -2.58. The van der Waals surface area contributed by atoms with Crippen molar-refractivity contribution < 1.29 is 23.1 Å². The molecule has 3 aromatic carbocycles. The number of carbonyl (C=O) groups is 1. The Morgan fingerprint density at radius 2 is 1.67 bits per heavy atom. The lowest BCUT2D eigenvalue weighted by Gasteiger charge is -2.45. The van der Waals surface area contributed by atoms with E-state index in [1.807, 2.05) is 19.1 Å². The smallest absolute Gasteiger partial charge is 0.318 e. The number of benzene rings is 3. The molecule has 3 aromatic rings. The predicted octanol–water partition coefficient (Wildman–Crippen LogP) is 5.53. The quantitative estimate of drug-likeness (QED) is 0.515. The van der Waals surface area contributed by atoms with Crippen LogP contribution < -0.4 is 5.32 Å². The summed E-state index contributed by atoms with van der Waals surface area (Å²) < 4.78 is 40.7. The normalized spacial score (nSPS) is 19.3. The lowest BCUT2D eigenvalue weighted by atomic mass is 9.82. The molecule has 2 amide bonds. The van der Waals surface area contributed by atoms with Crippen molar-refractivity contribution in [2.24, 2.45) is 0 Å². The molecular weight excluding hydrogens is 429 g/mol. The summed E-state index contributed by atoms with van der Waals surface area (Å²) in [6.07, 6.45) is 0.874. The molecule has 0 radical (unpaired) electrons. The number of aliphatic hydroxyl groups excluding tert-OH is 1. The van der Waals surface area contributed by atoms with Gasteiger partial charge in [0.2, 0.25) is 0 Å². The maximum absolute atomic E-state index is 14.1. The third-order valence-corrected chi connectivity index (χ3v) is 6.42. The van der Waals surface area contributed by atoms with Gasteiger partial charge in [0.15, 0.2) is 0 Å². The molecule has 4 rings (SSSR count). The second-order valence-corrected chi connectivity index (χ2v) is 8.36. The second kappa shape index (κ2) is 9.27. The SMILES string of the molecule is CC(c1ccc(-c2ccc(F)cc2F)cc1)N1CCC(CCO)(c2ccc(F)cc2)NC1=O. The molecule has 7 heteroatoms. The van der Waals surface area contributed by atoms with Crippen LogP contribution in [0.2, 0.25) is 0 Å². The van der Waals surface area contributed by atoms with Gasteiger partial charge < -0.3 is 15.3 Å². The molecule has 1 fully saturated rings. The van der Waals surface area contributed by atoms with E-state index in [1.54, 1.807) is 29.2 Å². The van der Waals surface area contributed by atoms with E-state index in [4.69, 9.17) is 0 Å². The molecule has 0 saturated carbocycles. The van der Waals surface area contributed by atoms with Crippen LogP contribution in [0.3, 0.4) is 0 Å². The minimum atomic E-state index is -0.764. The standard InChI is InChI=1S/C26H25F3N2O2/c1-17(18-2-4-19(5-3-18)23-11-10-22(28)16-24(23)29)31-14-12-26(13-15-32,30-25(31)33)20-6-8-21(27)9-7-20/h2-11,16-17,32H,12-15H2,1H3,(H,30,33). The van der Waals surface area contributed by atoms with Crippen LogP contribution in [0.15, 0.2) is 66.7 Å². The minimum Gasteiger partial charge on any atom is -0.396 e. The molecule has 1 heterocycles. The summed E-state index contributed by atoms with van der Waals surface area (Å²) in [7, 11) is 0. The summed E-state index contributed by atoms with van der Waals surface area (Å²) in [5, 5.41) is 12.6. The van der Waals surface area contributed by atoms with Gasteiger partial charge >= 0.3 is 6.03 Å². The summed E-state index contributed by atoms with van der Waals surface area (Å²) >= 11 is 0. The number of hydrogen-bond acceptors (Lipinski definition) is 2. The van der Waals surface area contributed by atoms with Gasteiger partial charge in [0.05, 0.1) is 11.6 Å². The molecule has 4 nitrogen and oxygen atoms in total. The van der Waals surface area contributed by atoms with Gasteiger partial charge in [-0.3, -0.25) is 0 Å². The van der Waals surface area contributed by atoms with Crippen molar-refractivity contribution in [1.29, 1.82) is 0 Å². The number of carbonyl (C=O) groups excluding carboxylic acids is 1. The van der Waals surface area contributed by atoms with Crippen molar-refractivity contribution in [3.05, 3.63) is 95.3 Å². The summed E-state index contributed by atoms with van der Waals surface area (Å²) in [6, 6.07) is 16.1. The van der Waals surface area contributed by atoms with Crippen LogP contribution in [-0.4, -0.2) is 29.2 Å². The van der Waals surface area contributed by atoms with E-state index in [-0.39, 0.29) is 24.5 Å². The van der Waals surface area contributed by atoms with E-state index in [2.05, 4.69) is 5.32 Å². The Balaban J connectivity index is 1.52. The lowest BCUT2D eigenvalue weighted by molar-refractivity contribution is 0.110. The maximum atomic E-state index is 14.1. The minimum absolute atomic E-state index is 0.116. The van der Waals surface area contributed by atoms with Gasteiger partial charge in [-0.1, -0.05) is 36.4 Å². The number of amides is 2. The number of hydrogen-bond donors (Lipinski definition) is 2. The van der Waals surface area contributed by atoms with Crippen molar-refractivity contribution in [2.75, 3.05) is 13.2 Å². The summed E-state index contributed by atoms with van der Waals surface area (Å²) in [6.45, 7) is 2.23. The molecule has 1 aliphatic rings. The molecular formula is C26H25F3N2O2. The van der Waals surface area contributed by atoms with E-state index in [9.17, 15) is 23.1 Å². The van der Waals surface area contributed by atoms with Crippen molar-refractivity contribution in [2.45, 2.75) is 31.3 Å². The topological polar surface area (TPSA) is 52.6 Å². The molecule has 2 atom stereocenters. The molecule has 1 aliphatic heterocycles. The van der Waals surface area contributed by atoms with Crippen LogP contribution in [0.1, 0.15) is 36.9 Å². The Labute approximate surface area is 190 Å². The Kier molecular flexibility index (Phi) is 6.42. The average Bonchev–Trinajstić information content (AvgIpc) is 2.79. The molecule has 2 N–H and O–H groups in total. The first kappa shape index (κ1) is 22.9. The van der Waals surface area contributed by atoms with Gasteiger partial charge in [0.1, 0.15) is 17.5 Å². The number of nitrogens with zero attached hydrogens (tertiary/aromatic N) is 1. The largest absolute Gasteiger partial charge is 0.396 e. The molecule has 1 saturated heterocycles. The fourth-order valence-corrected chi connectivity index (χ4v) is 4.47. The molecule has 0 aliphatic carbocycles. The van der Waals surface area contributed by atoms with E-state index < -0.39 is 17.2 Å². The van der Waals surface area contributed by atoms with Gasteiger partial charge in [-0.15, -0.1) is 0 Å². The van der Waals surface area contributed by atoms with Crippen molar-refractivity contribution in [3.8, 4) is 11.1 Å². The molecule has 0 aromatic heterocycles. The number of urea groups is 1. The Hall–Kier alpha value is -3.32. The van der Waals surface area contributed by atoms with E-state index in [0.29, 0.717) is 30.5 Å². The molecule has 33 heavy (non-hydrogen) atoms. The Bertz CT molecular complexity index is 1140. The molecule has 0 bridgehead atoms. The highest BCUT2D eigenvalue weighted by Gasteiger charge is 2.40. The highest BCUT2D eigenvalue weighted by atomic mass is 19.1. The van der Waals surface area contributed by atoms with E-state index in [0.717, 1.165) is 17.2 Å². The average molecular weight is 454 g/mol. The molecule has 2 unspecified atom stereocenters. The van der Waals surface area contributed by atoms with Crippen molar-refractivity contribution >= 4 is 6.03 Å². The second-order valence-electron chi connectivity index (χ2n) is 8.36. The summed E-state index contributed by atoms with van der Waals surface area (Å²) in [5.41, 5.74) is 1.78. The molecule has 0 spiro atoms. The van der Waals surface area contributed by atoms with Crippen molar-refractivity contribution in [3.63, 3.8) is 0 Å². The van der Waals surface area contributed by atoms with Gasteiger partial charge in [0.25, 0.3) is 0 Å². The monoisotopic (exact) mass is 454 g/mol. The van der Waals surface area contributed by atoms with Crippen LogP contribution in [0, 0.1) is 17.5 Å². The number of rotatable bonds is 6. The Morgan fingerprint density at radius 1 is 1.00 bits per heavy atom. The van der Waals surface area contributed by atoms with Crippen LogP contribution >= 0.6 is 0 Å². The highest BCUT2D eigenvalue weighted by Crippen LogP contribution is 2.35. The third kappa shape index (κ3) is 4.59. The Morgan fingerprint density at radius 3 is 2.27 bits per heavy atom. The van der Waals surface area contributed by atoms with Gasteiger partial charge in [-0.2, -0.15) is 0 Å². The van der Waals surface area contributed by atoms with Crippen molar-refractivity contribution in [1.82, 2.24) is 10.2 Å². The first-order chi connectivity index (χ1) is 15.8. The fourth-order valence-electron chi connectivity index (χ4n) is 4.47. The third-order valence-electron chi connectivity index (χ3n) is 6.42. The van der Waals surface area contributed by atoms with Gasteiger partial charge in [-0.05, 0) is 60.7 Å². The number of halogens is 3. The fraction of sp³-hybridized carbons (Fsp3) is 0.269. The van der Waals surface area contributed by atoms with E-state index >= 15 is 0 Å². The summed E-state index contributed by atoms with van der Waals surface area (Å²) in [4.78, 5) is 14.8. The van der Waals surface area contributed by atoms with Crippen LogP contribution in [-0.2, 0) is 5.54 Å². The first-order valence-electron chi connectivity index (χ1n) is 10.8. The van der Waals surface area contributed by atoms with Crippen LogP contribution in [0.25, 0.3) is 11.1 Å². The first-order valence-corrected chi connectivity index (χ1v) is 10.8. The maximum Gasteiger partial charge on any atom is 0.318 e. The zero-order chi connectivity index (χ0) is 23.6. The number of aliphatic hydroxyl groups is 1. The zero-order valence-corrected chi connectivity index (χ0v) is 18.2. The molecule has 172 valence electrons. The zero-order valence-electron chi connectivity index (χ0n) is 18.2. The number of nitrogens with one attached hydrogen (secondary N) is 1. The highest BCUT2D eigenvalue weighted by molar-refractivity contribution is 5.77. The van der Waals surface area contributed by atoms with E-state index in [1.165, 1.54) is 24.3 Å². The van der Waals surface area contributed by atoms with Crippen LogP contribution in [0.5, 0.6) is 0 Å². The predicted molar refractivity (Wildman–Crippen MR) is 120 cm³/mol. The van der Waals surface area contributed by atoms with Gasteiger partial charge in [0, 0.05) is 24.8 Å². The van der Waals surface area contributed by atoms with Crippen LogP contribution in [0.4, 0.5) is 18.0 Å².